The van der Waals surface area contributed by atoms with Gasteiger partial charge in [-0.2, -0.15) is 4.98 Å². The molecular formula is C21H26N6O+2. The molecule has 0 saturated heterocycles. The van der Waals surface area contributed by atoms with Crippen molar-refractivity contribution in [3.05, 3.63) is 59.3 Å². The summed E-state index contributed by atoms with van der Waals surface area (Å²) in [4.78, 5) is 14.0. The fraction of sp³-hybridized carbons (Fsp3) is 0.286. The van der Waals surface area contributed by atoms with Gasteiger partial charge < -0.3 is 4.74 Å². The molecule has 0 spiro atoms. The number of aromatic nitrogens is 2. The van der Waals surface area contributed by atoms with Crippen LogP contribution in [0.5, 0.6) is 5.75 Å². The van der Waals surface area contributed by atoms with Crippen molar-refractivity contribution in [3.8, 4) is 5.75 Å². The highest BCUT2D eigenvalue weighted by Crippen LogP contribution is 2.18. The van der Waals surface area contributed by atoms with Gasteiger partial charge in [0.15, 0.2) is 13.3 Å². The quantitative estimate of drug-likeness (QED) is 0.502. The summed E-state index contributed by atoms with van der Waals surface area (Å²) < 4.78 is 5.22. The van der Waals surface area contributed by atoms with Crippen LogP contribution in [0.2, 0.25) is 0 Å². The standard InChI is InChI=1S/C21H24N6O/c1-14-4-9-18-15(2)24-21(25-19(18)10-14)26-20-22-12-27(13-23-20)11-16-5-7-17(28-3)8-6-16/h4-10H,11-13H2,1-3H3,(H2,22,23,24,25,26)/p+2. The van der Waals surface area contributed by atoms with E-state index in [-0.39, 0.29) is 0 Å². The number of fused-ring (bicyclic) bond motifs is 1. The maximum atomic E-state index is 5.22. The van der Waals surface area contributed by atoms with E-state index in [1.165, 1.54) is 16.0 Å². The highest BCUT2D eigenvalue weighted by atomic mass is 16.5. The van der Waals surface area contributed by atoms with Crippen LogP contribution in [0, 0.1) is 13.8 Å². The molecule has 1 aromatic heterocycles. The van der Waals surface area contributed by atoms with E-state index in [1.54, 1.807) is 7.11 Å². The van der Waals surface area contributed by atoms with Crippen LogP contribution >= 0.6 is 0 Å². The fourth-order valence-corrected chi connectivity index (χ4v) is 3.36. The van der Waals surface area contributed by atoms with E-state index < -0.39 is 0 Å². The summed E-state index contributed by atoms with van der Waals surface area (Å²) in [5.74, 6) is 2.32. The second kappa shape index (κ2) is 7.82. The van der Waals surface area contributed by atoms with E-state index in [9.17, 15) is 0 Å². The molecule has 4 N–H and O–H groups in total. The first-order chi connectivity index (χ1) is 13.6. The zero-order valence-electron chi connectivity index (χ0n) is 16.5. The summed E-state index contributed by atoms with van der Waals surface area (Å²) in [6.45, 7) is 6.64. The number of hydrogen-bond donors (Lipinski definition) is 4. The van der Waals surface area contributed by atoms with Crippen LogP contribution in [0.4, 0.5) is 5.95 Å². The van der Waals surface area contributed by atoms with Gasteiger partial charge in [-0.3, -0.25) is 4.90 Å². The van der Waals surface area contributed by atoms with E-state index in [4.69, 9.17) is 4.74 Å². The first-order valence-corrected chi connectivity index (χ1v) is 9.44. The lowest BCUT2D eigenvalue weighted by molar-refractivity contribution is -0.991. The first kappa shape index (κ1) is 18.2. The molecule has 4 rings (SSSR count). The second-order valence-electron chi connectivity index (χ2n) is 7.14. The van der Waals surface area contributed by atoms with Gasteiger partial charge in [-0.05, 0) is 49.7 Å². The first-order valence-electron chi connectivity index (χ1n) is 9.44. The Kier molecular flexibility index (Phi) is 5.08. The summed E-state index contributed by atoms with van der Waals surface area (Å²) in [5.41, 5.74) is 4.39. The van der Waals surface area contributed by atoms with Gasteiger partial charge in [0.25, 0.3) is 5.95 Å². The predicted octanol–water partition coefficient (Wildman–Crippen LogP) is -0.293. The van der Waals surface area contributed by atoms with Crippen molar-refractivity contribution in [1.29, 1.82) is 0 Å². The maximum absolute atomic E-state index is 5.22. The van der Waals surface area contributed by atoms with Crippen LogP contribution in [0.3, 0.4) is 0 Å². The van der Waals surface area contributed by atoms with Gasteiger partial charge in [0.05, 0.1) is 18.3 Å². The Bertz CT molecular complexity index is 1020. The molecule has 0 radical (unpaired) electrons. The van der Waals surface area contributed by atoms with E-state index in [1.807, 2.05) is 19.1 Å². The zero-order chi connectivity index (χ0) is 19.5. The Balaban J connectivity index is 1.42. The molecule has 144 valence electrons. The Morgan fingerprint density at radius 1 is 1.14 bits per heavy atom. The largest absolute Gasteiger partial charge is 0.497 e. The van der Waals surface area contributed by atoms with E-state index in [0.717, 1.165) is 48.2 Å². The van der Waals surface area contributed by atoms with E-state index >= 15 is 0 Å². The number of hydrogen-bond acceptors (Lipinski definition) is 5. The minimum Gasteiger partial charge on any atom is -0.497 e. The Labute approximate surface area is 164 Å². The van der Waals surface area contributed by atoms with Gasteiger partial charge in [-0.25, -0.2) is 20.6 Å². The van der Waals surface area contributed by atoms with Crippen molar-refractivity contribution in [3.63, 3.8) is 0 Å². The average Bonchev–Trinajstić information content (AvgIpc) is 2.70. The van der Waals surface area contributed by atoms with Crippen molar-refractivity contribution in [2.45, 2.75) is 20.4 Å². The third-order valence-electron chi connectivity index (χ3n) is 4.92. The molecule has 2 heterocycles. The zero-order valence-corrected chi connectivity index (χ0v) is 16.5. The molecule has 2 aromatic carbocycles. The summed E-state index contributed by atoms with van der Waals surface area (Å²) in [6.07, 6.45) is 0. The molecule has 0 bridgehead atoms. The highest BCUT2D eigenvalue weighted by Gasteiger charge is 2.21. The minimum absolute atomic E-state index is 0.601. The lowest BCUT2D eigenvalue weighted by atomic mass is 10.1. The number of benzene rings is 2. The number of rotatable bonds is 4. The van der Waals surface area contributed by atoms with Gasteiger partial charge in [0.2, 0.25) is 0 Å². The predicted molar refractivity (Wildman–Crippen MR) is 109 cm³/mol. The Morgan fingerprint density at radius 2 is 1.96 bits per heavy atom. The molecule has 3 aromatic rings. The molecule has 1 unspecified atom stereocenters. The average molecular weight is 378 g/mol. The molecule has 0 amide bonds. The molecule has 0 fully saturated rings. The number of nitrogens with one attached hydrogen (secondary N) is 4. The summed E-state index contributed by atoms with van der Waals surface area (Å²) in [6, 6.07) is 14.5. The number of methoxy groups -OCH3 is 1. The van der Waals surface area contributed by atoms with Gasteiger partial charge in [-0.15, -0.1) is 0 Å². The van der Waals surface area contributed by atoms with Crippen molar-refractivity contribution in [2.75, 3.05) is 25.8 Å². The Hall–Kier alpha value is -3.19. The molecule has 1 aliphatic heterocycles. The number of guanidine groups is 1. The number of anilines is 1. The number of aryl methyl sites for hydroxylation is 2. The third kappa shape index (κ3) is 4.04. The van der Waals surface area contributed by atoms with Crippen molar-refractivity contribution in [2.24, 2.45) is 0 Å². The van der Waals surface area contributed by atoms with Crippen LogP contribution < -0.4 is 25.3 Å². The number of ether oxygens (including phenoxy) is 1. The van der Waals surface area contributed by atoms with Crippen molar-refractivity contribution in [1.82, 2.24) is 15.3 Å². The molecule has 0 aliphatic carbocycles. The normalized spacial score (nSPS) is 16.4. The van der Waals surface area contributed by atoms with Crippen molar-refractivity contribution < 1.29 is 14.6 Å². The van der Waals surface area contributed by atoms with Crippen LogP contribution in [0.25, 0.3) is 10.9 Å². The van der Waals surface area contributed by atoms with E-state index in [0.29, 0.717) is 5.95 Å². The van der Waals surface area contributed by atoms with E-state index in [2.05, 4.69) is 62.8 Å². The molecule has 1 atom stereocenters. The molecule has 28 heavy (non-hydrogen) atoms. The van der Waals surface area contributed by atoms with Gasteiger partial charge in [0, 0.05) is 10.9 Å². The summed E-state index contributed by atoms with van der Waals surface area (Å²) >= 11 is 0. The lowest BCUT2D eigenvalue weighted by Crippen LogP contribution is -3.23. The van der Waals surface area contributed by atoms with Crippen LogP contribution in [-0.4, -0.2) is 36.4 Å². The molecule has 7 heteroatoms. The van der Waals surface area contributed by atoms with Crippen molar-refractivity contribution >= 4 is 22.8 Å². The highest BCUT2D eigenvalue weighted by molar-refractivity contribution is 5.89. The monoisotopic (exact) mass is 378 g/mol. The second-order valence-corrected chi connectivity index (χ2v) is 7.14. The van der Waals surface area contributed by atoms with Crippen LogP contribution in [0.15, 0.2) is 42.5 Å². The maximum Gasteiger partial charge on any atom is 0.359 e. The molecular weight excluding hydrogens is 352 g/mol. The topological polar surface area (TPSA) is 77.5 Å². The molecule has 0 saturated carbocycles. The smallest absolute Gasteiger partial charge is 0.359 e. The van der Waals surface area contributed by atoms with Crippen LogP contribution in [-0.2, 0) is 6.54 Å². The third-order valence-corrected chi connectivity index (χ3v) is 4.92. The van der Waals surface area contributed by atoms with Gasteiger partial charge >= 0.3 is 5.96 Å². The molecule has 7 nitrogen and oxygen atoms in total. The van der Waals surface area contributed by atoms with Gasteiger partial charge in [0.1, 0.15) is 12.3 Å². The Morgan fingerprint density at radius 3 is 2.68 bits per heavy atom. The SMILES string of the molecule is COc1ccc(C[NH+]2CNC(Nc3nc(C)c4ccc(C)cc4n3)=[NH+]C2)cc1. The minimum atomic E-state index is 0.601. The molecule has 1 aliphatic rings. The lowest BCUT2D eigenvalue weighted by Gasteiger charge is -2.20. The number of quaternary nitrogens is 1. The fourth-order valence-electron chi connectivity index (χ4n) is 3.36. The number of nitrogens with zero attached hydrogens (tertiary/aromatic N) is 2. The summed E-state index contributed by atoms with van der Waals surface area (Å²) in [5, 5.41) is 7.75. The van der Waals surface area contributed by atoms with Crippen LogP contribution in [0.1, 0.15) is 16.8 Å². The van der Waals surface area contributed by atoms with Gasteiger partial charge in [-0.1, -0.05) is 12.1 Å². The summed E-state index contributed by atoms with van der Waals surface area (Å²) in [7, 11) is 1.69.